The van der Waals surface area contributed by atoms with Crippen LogP contribution in [0.3, 0.4) is 0 Å². The lowest BCUT2D eigenvalue weighted by Crippen LogP contribution is -2.34. The first kappa shape index (κ1) is 10.7. The molecule has 1 unspecified atom stereocenters. The van der Waals surface area contributed by atoms with Gasteiger partial charge in [-0.1, -0.05) is 11.6 Å². The molecule has 84 valence electrons. The van der Waals surface area contributed by atoms with E-state index in [9.17, 15) is 14.9 Å². The molecule has 1 aromatic carbocycles. The Labute approximate surface area is 95.3 Å². The molecule has 6 nitrogen and oxygen atoms in total. The van der Waals surface area contributed by atoms with E-state index in [1.807, 2.05) is 0 Å². The summed E-state index contributed by atoms with van der Waals surface area (Å²) in [7, 11) is 0. The highest BCUT2D eigenvalue weighted by Gasteiger charge is 2.27. The fraction of sp³-hybridized carbons (Fsp3) is 0.222. The molecule has 0 fully saturated rings. The van der Waals surface area contributed by atoms with Crippen LogP contribution in [0.2, 0.25) is 5.02 Å². The van der Waals surface area contributed by atoms with Crippen molar-refractivity contribution in [2.45, 2.75) is 13.0 Å². The fourth-order valence-corrected chi connectivity index (χ4v) is 1.58. The summed E-state index contributed by atoms with van der Waals surface area (Å²) < 4.78 is 5.24. The third-order valence-electron chi connectivity index (χ3n) is 2.18. The highest BCUT2D eigenvalue weighted by Crippen LogP contribution is 2.38. The Morgan fingerprint density at radius 3 is 2.88 bits per heavy atom. The second-order valence-electron chi connectivity index (χ2n) is 3.31. The number of carbonyl (C=O) groups excluding carboxylic acids is 1. The standard InChI is InChI=1S/C9H7ClN2O4/c1-4-9(13)11-6-3-7(12(14)15)5(10)2-8(6)16-4/h2-4H,1H3,(H,11,13). The molecule has 0 radical (unpaired) electrons. The Morgan fingerprint density at radius 1 is 1.56 bits per heavy atom. The van der Waals surface area contributed by atoms with E-state index < -0.39 is 11.0 Å². The second kappa shape index (κ2) is 3.64. The van der Waals surface area contributed by atoms with Gasteiger partial charge in [0, 0.05) is 12.1 Å². The third kappa shape index (κ3) is 1.67. The summed E-state index contributed by atoms with van der Waals surface area (Å²) in [5, 5.41) is 13.1. The zero-order valence-corrected chi connectivity index (χ0v) is 8.95. The van der Waals surface area contributed by atoms with Crippen molar-refractivity contribution in [3.63, 3.8) is 0 Å². The number of halogens is 1. The molecule has 1 aliphatic heterocycles. The van der Waals surface area contributed by atoms with Gasteiger partial charge in [-0.05, 0) is 6.92 Å². The maximum atomic E-state index is 11.3. The Balaban J connectivity index is 2.50. The highest BCUT2D eigenvalue weighted by molar-refractivity contribution is 6.33. The van der Waals surface area contributed by atoms with Gasteiger partial charge in [-0.15, -0.1) is 0 Å². The van der Waals surface area contributed by atoms with Gasteiger partial charge in [-0.3, -0.25) is 14.9 Å². The summed E-state index contributed by atoms with van der Waals surface area (Å²) in [5.74, 6) is -0.00757. The van der Waals surface area contributed by atoms with Gasteiger partial charge in [-0.25, -0.2) is 0 Å². The summed E-state index contributed by atoms with van der Waals surface area (Å²) in [5.41, 5.74) is -0.00179. The molecule has 0 saturated carbocycles. The topological polar surface area (TPSA) is 81.5 Å². The molecule has 0 saturated heterocycles. The minimum atomic E-state index is -0.634. The average Bonchev–Trinajstić information content (AvgIpc) is 2.19. The first-order valence-electron chi connectivity index (χ1n) is 4.44. The smallest absolute Gasteiger partial charge is 0.290 e. The van der Waals surface area contributed by atoms with Crippen LogP contribution >= 0.6 is 11.6 Å². The third-order valence-corrected chi connectivity index (χ3v) is 2.48. The Hall–Kier alpha value is -1.82. The van der Waals surface area contributed by atoms with Crippen LogP contribution in [0.15, 0.2) is 12.1 Å². The van der Waals surface area contributed by atoms with Crippen LogP contribution in [0.25, 0.3) is 0 Å². The number of nitrogens with zero attached hydrogens (tertiary/aromatic N) is 1. The number of rotatable bonds is 1. The Morgan fingerprint density at radius 2 is 2.25 bits per heavy atom. The average molecular weight is 243 g/mol. The molecule has 1 heterocycles. The normalized spacial score (nSPS) is 18.4. The van der Waals surface area contributed by atoms with E-state index in [2.05, 4.69) is 5.32 Å². The van der Waals surface area contributed by atoms with Crippen LogP contribution in [-0.2, 0) is 4.79 Å². The molecule has 0 spiro atoms. The lowest BCUT2D eigenvalue weighted by atomic mass is 10.2. The number of amides is 1. The summed E-state index contributed by atoms with van der Waals surface area (Å²) in [6, 6.07) is 2.51. The second-order valence-corrected chi connectivity index (χ2v) is 3.71. The molecule has 2 rings (SSSR count). The highest BCUT2D eigenvalue weighted by atomic mass is 35.5. The summed E-state index contributed by atoms with van der Waals surface area (Å²) in [4.78, 5) is 21.3. The molecule has 1 aliphatic rings. The molecule has 0 aliphatic carbocycles. The zero-order valence-electron chi connectivity index (χ0n) is 8.19. The van der Waals surface area contributed by atoms with Crippen LogP contribution in [0.4, 0.5) is 11.4 Å². The molecule has 0 bridgehead atoms. The number of anilines is 1. The fourth-order valence-electron chi connectivity index (χ4n) is 1.36. The van der Waals surface area contributed by atoms with E-state index >= 15 is 0 Å². The number of hydrogen-bond acceptors (Lipinski definition) is 4. The zero-order chi connectivity index (χ0) is 11.9. The number of benzene rings is 1. The van der Waals surface area contributed by atoms with Gasteiger partial charge in [0.05, 0.1) is 10.6 Å². The number of nitro groups is 1. The summed E-state index contributed by atoms with van der Waals surface area (Å²) in [6.07, 6.45) is -0.634. The van der Waals surface area contributed by atoms with Gasteiger partial charge >= 0.3 is 0 Å². The predicted octanol–water partition coefficient (Wildman–Crippen LogP) is 1.97. The molecule has 0 aromatic heterocycles. The lowest BCUT2D eigenvalue weighted by Gasteiger charge is -2.23. The van der Waals surface area contributed by atoms with Crippen molar-refractivity contribution in [1.29, 1.82) is 0 Å². The lowest BCUT2D eigenvalue weighted by molar-refractivity contribution is -0.384. The number of carbonyl (C=O) groups is 1. The Kier molecular flexibility index (Phi) is 2.43. The largest absolute Gasteiger partial charge is 0.479 e. The first-order chi connectivity index (χ1) is 7.49. The van der Waals surface area contributed by atoms with Crippen LogP contribution < -0.4 is 10.1 Å². The van der Waals surface area contributed by atoms with E-state index in [0.29, 0.717) is 5.75 Å². The molecule has 1 atom stereocenters. The van der Waals surface area contributed by atoms with Crippen LogP contribution in [0.5, 0.6) is 5.75 Å². The van der Waals surface area contributed by atoms with Gasteiger partial charge in [0.25, 0.3) is 11.6 Å². The number of fused-ring (bicyclic) bond motifs is 1. The minimum absolute atomic E-state index is 0.0212. The number of nitro benzene ring substituents is 1. The van der Waals surface area contributed by atoms with E-state index in [4.69, 9.17) is 16.3 Å². The maximum Gasteiger partial charge on any atom is 0.290 e. The Bertz CT molecular complexity index is 489. The van der Waals surface area contributed by atoms with E-state index in [0.717, 1.165) is 0 Å². The van der Waals surface area contributed by atoms with E-state index in [1.54, 1.807) is 6.92 Å². The van der Waals surface area contributed by atoms with Crippen molar-refractivity contribution < 1.29 is 14.5 Å². The molecular weight excluding hydrogens is 236 g/mol. The monoisotopic (exact) mass is 242 g/mol. The van der Waals surface area contributed by atoms with E-state index in [1.165, 1.54) is 12.1 Å². The molecular formula is C9H7ClN2O4. The predicted molar refractivity (Wildman–Crippen MR) is 56.8 cm³/mol. The molecule has 1 N–H and O–H groups in total. The number of ether oxygens (including phenoxy) is 1. The van der Waals surface area contributed by atoms with Gasteiger partial charge < -0.3 is 10.1 Å². The van der Waals surface area contributed by atoms with Crippen molar-refractivity contribution in [3.8, 4) is 5.75 Å². The van der Waals surface area contributed by atoms with Crippen molar-refractivity contribution in [1.82, 2.24) is 0 Å². The molecule has 16 heavy (non-hydrogen) atoms. The quantitative estimate of drug-likeness (QED) is 0.603. The van der Waals surface area contributed by atoms with Crippen molar-refractivity contribution in [2.75, 3.05) is 5.32 Å². The minimum Gasteiger partial charge on any atom is -0.479 e. The maximum absolute atomic E-state index is 11.3. The van der Waals surface area contributed by atoms with E-state index in [-0.39, 0.29) is 22.3 Å². The van der Waals surface area contributed by atoms with Crippen molar-refractivity contribution in [3.05, 3.63) is 27.3 Å². The molecule has 1 amide bonds. The molecule has 7 heteroatoms. The number of hydrogen-bond donors (Lipinski definition) is 1. The summed E-state index contributed by atoms with van der Waals surface area (Å²) in [6.45, 7) is 1.58. The number of nitrogens with one attached hydrogen (secondary N) is 1. The first-order valence-corrected chi connectivity index (χ1v) is 4.82. The van der Waals surface area contributed by atoms with Crippen molar-refractivity contribution >= 4 is 28.9 Å². The molecule has 1 aromatic rings. The van der Waals surface area contributed by atoms with Gasteiger partial charge in [0.2, 0.25) is 0 Å². The van der Waals surface area contributed by atoms with Gasteiger partial charge in [0.15, 0.2) is 6.10 Å². The SMILES string of the molecule is CC1Oc2cc(Cl)c([N+](=O)[O-])cc2NC1=O. The van der Waals surface area contributed by atoms with Crippen LogP contribution in [-0.4, -0.2) is 16.9 Å². The summed E-state index contributed by atoms with van der Waals surface area (Å²) >= 11 is 5.71. The van der Waals surface area contributed by atoms with Crippen LogP contribution in [0.1, 0.15) is 6.92 Å². The van der Waals surface area contributed by atoms with Crippen LogP contribution in [0, 0.1) is 10.1 Å². The van der Waals surface area contributed by atoms with Gasteiger partial charge in [0.1, 0.15) is 10.8 Å². The van der Waals surface area contributed by atoms with Crippen molar-refractivity contribution in [2.24, 2.45) is 0 Å². The van der Waals surface area contributed by atoms with Gasteiger partial charge in [-0.2, -0.15) is 0 Å².